The van der Waals surface area contributed by atoms with Gasteiger partial charge in [-0.05, 0) is 107 Å². The molecule has 1 heterocycles. The van der Waals surface area contributed by atoms with Gasteiger partial charge in [-0.1, -0.05) is 121 Å². The van der Waals surface area contributed by atoms with E-state index in [1.54, 1.807) is 0 Å². The Hall–Kier alpha value is -5.92. The highest BCUT2D eigenvalue weighted by Crippen LogP contribution is 2.42. The Bertz CT molecular complexity index is 2680. The molecule has 0 aliphatic carbocycles. The second-order valence-electron chi connectivity index (χ2n) is 12.1. The van der Waals surface area contributed by atoms with Gasteiger partial charge >= 0.3 is 0 Å². The van der Waals surface area contributed by atoms with E-state index in [0.29, 0.717) is 0 Å². The number of fused-ring (bicyclic) bond motifs is 4. The topological polar surface area (TPSA) is 13.1 Å². The Morgan fingerprint density at radius 1 is 0.311 bits per heavy atom. The zero-order chi connectivity index (χ0) is 29.5. The van der Waals surface area contributed by atoms with Gasteiger partial charge in [0.25, 0.3) is 0 Å². The first-order valence-corrected chi connectivity index (χ1v) is 15.5. The van der Waals surface area contributed by atoms with Crippen molar-refractivity contribution in [3.05, 3.63) is 158 Å². The van der Waals surface area contributed by atoms with E-state index in [-0.39, 0.29) is 0 Å². The van der Waals surface area contributed by atoms with Gasteiger partial charge in [-0.3, -0.25) is 0 Å². The predicted octanol–water partition coefficient (Wildman–Crippen LogP) is 12.6. The average Bonchev–Trinajstić information content (AvgIpc) is 3.49. The minimum absolute atomic E-state index is 0.927. The molecule has 0 fully saturated rings. The van der Waals surface area contributed by atoms with E-state index in [1.807, 2.05) is 12.1 Å². The molecular weight excluding hydrogens is 544 g/mol. The predicted molar refractivity (Wildman–Crippen MR) is 191 cm³/mol. The molecule has 1 aromatic heterocycles. The van der Waals surface area contributed by atoms with E-state index in [4.69, 9.17) is 4.42 Å². The molecule has 0 N–H and O–H groups in total. The molecule has 0 unspecified atom stereocenters. The largest absolute Gasteiger partial charge is 0.455 e. The summed E-state index contributed by atoms with van der Waals surface area (Å²) < 4.78 is 6.40. The lowest BCUT2D eigenvalue weighted by Crippen LogP contribution is -1.88. The van der Waals surface area contributed by atoms with Crippen LogP contribution in [-0.2, 0) is 0 Å². The van der Waals surface area contributed by atoms with Crippen LogP contribution in [0.2, 0.25) is 0 Å². The summed E-state index contributed by atoms with van der Waals surface area (Å²) >= 11 is 0. The van der Waals surface area contributed by atoms with Crippen LogP contribution < -0.4 is 0 Å². The van der Waals surface area contributed by atoms with Gasteiger partial charge in [0, 0.05) is 16.3 Å². The molecular formula is C44H26O. The normalized spacial score (nSPS) is 12.0. The van der Waals surface area contributed by atoms with Gasteiger partial charge in [-0.15, -0.1) is 0 Å². The summed E-state index contributed by atoms with van der Waals surface area (Å²) in [6.07, 6.45) is 0. The second-order valence-corrected chi connectivity index (χ2v) is 12.1. The third-order valence-electron chi connectivity index (χ3n) is 9.55. The minimum Gasteiger partial charge on any atom is -0.455 e. The molecule has 0 saturated heterocycles. The fourth-order valence-corrected chi connectivity index (χ4v) is 7.47. The second kappa shape index (κ2) is 9.29. The van der Waals surface area contributed by atoms with Crippen LogP contribution in [0, 0.1) is 0 Å². The van der Waals surface area contributed by atoms with Crippen LogP contribution in [0.1, 0.15) is 0 Å². The van der Waals surface area contributed by atoms with E-state index < -0.39 is 0 Å². The van der Waals surface area contributed by atoms with Crippen molar-refractivity contribution in [3.8, 4) is 33.4 Å². The smallest absolute Gasteiger partial charge is 0.143 e. The number of furan rings is 1. The van der Waals surface area contributed by atoms with E-state index >= 15 is 0 Å². The lowest BCUT2D eigenvalue weighted by molar-refractivity contribution is 0.670. The Kier molecular flexibility index (Phi) is 5.06. The van der Waals surface area contributed by atoms with Crippen molar-refractivity contribution in [2.45, 2.75) is 0 Å². The van der Waals surface area contributed by atoms with Crippen LogP contribution in [0.25, 0.3) is 98.4 Å². The first kappa shape index (κ1) is 24.5. The Morgan fingerprint density at radius 2 is 0.911 bits per heavy atom. The van der Waals surface area contributed by atoms with Gasteiger partial charge in [-0.2, -0.15) is 0 Å². The number of hydrogen-bond donors (Lipinski definition) is 0. The van der Waals surface area contributed by atoms with Gasteiger partial charge < -0.3 is 4.42 Å². The Morgan fingerprint density at radius 3 is 1.67 bits per heavy atom. The summed E-state index contributed by atoms with van der Waals surface area (Å²) in [6.45, 7) is 0. The molecule has 0 radical (unpaired) electrons. The third-order valence-corrected chi connectivity index (χ3v) is 9.55. The minimum atomic E-state index is 0.927. The van der Waals surface area contributed by atoms with E-state index in [0.717, 1.165) is 27.5 Å². The van der Waals surface area contributed by atoms with Crippen LogP contribution >= 0.6 is 0 Å². The first-order valence-electron chi connectivity index (χ1n) is 15.5. The molecule has 0 spiro atoms. The molecule has 0 saturated carbocycles. The van der Waals surface area contributed by atoms with E-state index in [2.05, 4.69) is 146 Å². The zero-order valence-corrected chi connectivity index (χ0v) is 24.4. The molecule has 0 aliphatic rings. The van der Waals surface area contributed by atoms with Crippen molar-refractivity contribution < 1.29 is 4.42 Å². The fraction of sp³-hybridized carbons (Fsp3) is 0. The highest BCUT2D eigenvalue weighted by Gasteiger charge is 2.16. The first-order chi connectivity index (χ1) is 22.3. The van der Waals surface area contributed by atoms with Gasteiger partial charge in [0.2, 0.25) is 0 Å². The molecule has 10 aromatic rings. The average molecular weight is 571 g/mol. The Balaban J connectivity index is 1.12. The summed E-state index contributed by atoms with van der Waals surface area (Å²) in [7, 11) is 0. The molecule has 10 rings (SSSR count). The van der Waals surface area contributed by atoms with Crippen LogP contribution in [0.4, 0.5) is 0 Å². The third kappa shape index (κ3) is 3.68. The summed E-state index contributed by atoms with van der Waals surface area (Å²) in [5, 5.41) is 12.5. The maximum atomic E-state index is 6.40. The van der Waals surface area contributed by atoms with Gasteiger partial charge in [0.05, 0.1) is 0 Å². The molecule has 1 nitrogen and oxygen atoms in total. The standard InChI is InChI=1S/C44H26O/c1-2-8-27(9-3-1)36-12-6-10-29-22-28(20-21-37(29)36)34-23-30-16-18-32-25-35(26-33-19-17-31(24-34)42(30)43(32)33)38-13-7-14-40-39-11-4-5-15-41(39)45-44(38)40/h1-26H. The summed E-state index contributed by atoms with van der Waals surface area (Å²) in [5.41, 5.74) is 9.17. The summed E-state index contributed by atoms with van der Waals surface area (Å²) in [5.74, 6) is 0. The number of para-hydroxylation sites is 2. The quantitative estimate of drug-likeness (QED) is 0.193. The maximum absolute atomic E-state index is 6.40. The number of hydrogen-bond acceptors (Lipinski definition) is 1. The molecule has 0 aliphatic heterocycles. The molecule has 0 atom stereocenters. The van der Waals surface area contributed by atoms with Crippen molar-refractivity contribution in [3.63, 3.8) is 0 Å². The van der Waals surface area contributed by atoms with Crippen LogP contribution in [0.3, 0.4) is 0 Å². The molecule has 9 aromatic carbocycles. The van der Waals surface area contributed by atoms with Crippen molar-refractivity contribution in [2.24, 2.45) is 0 Å². The molecule has 0 amide bonds. The fourth-order valence-electron chi connectivity index (χ4n) is 7.47. The van der Waals surface area contributed by atoms with Crippen molar-refractivity contribution >= 4 is 65.0 Å². The molecule has 45 heavy (non-hydrogen) atoms. The highest BCUT2D eigenvalue weighted by atomic mass is 16.3. The Labute approximate surface area is 259 Å². The molecule has 208 valence electrons. The highest BCUT2D eigenvalue weighted by molar-refractivity contribution is 6.25. The number of rotatable bonds is 3. The van der Waals surface area contributed by atoms with Crippen molar-refractivity contribution in [1.82, 2.24) is 0 Å². The van der Waals surface area contributed by atoms with Gasteiger partial charge in [-0.25, -0.2) is 0 Å². The lowest BCUT2D eigenvalue weighted by atomic mass is 9.89. The lowest BCUT2D eigenvalue weighted by Gasteiger charge is -2.15. The zero-order valence-electron chi connectivity index (χ0n) is 24.4. The van der Waals surface area contributed by atoms with Crippen LogP contribution in [0.5, 0.6) is 0 Å². The van der Waals surface area contributed by atoms with Crippen LogP contribution in [-0.4, -0.2) is 0 Å². The van der Waals surface area contributed by atoms with Crippen molar-refractivity contribution in [2.75, 3.05) is 0 Å². The summed E-state index contributed by atoms with van der Waals surface area (Å²) in [4.78, 5) is 0. The van der Waals surface area contributed by atoms with Gasteiger partial charge in [0.15, 0.2) is 0 Å². The van der Waals surface area contributed by atoms with Crippen LogP contribution in [0.15, 0.2) is 162 Å². The van der Waals surface area contributed by atoms with E-state index in [1.165, 1.54) is 70.9 Å². The van der Waals surface area contributed by atoms with Crippen molar-refractivity contribution in [1.29, 1.82) is 0 Å². The van der Waals surface area contributed by atoms with E-state index in [9.17, 15) is 0 Å². The summed E-state index contributed by atoms with van der Waals surface area (Å²) in [6, 6.07) is 57.4. The molecule has 0 bridgehead atoms. The maximum Gasteiger partial charge on any atom is 0.143 e. The number of benzene rings is 9. The SMILES string of the molecule is c1ccc(-c2cccc3cc(-c4cc5ccc6cc(-c7cccc8c7oc7ccccc78)cc7ccc(c4)c5c67)ccc23)cc1. The monoisotopic (exact) mass is 570 g/mol. The van der Waals surface area contributed by atoms with Gasteiger partial charge in [0.1, 0.15) is 11.2 Å². The molecule has 1 heteroatoms.